The number of ketones is 1. The molecular formula is C28H25NO7. The number of benzene rings is 3. The number of nitrogens with zero attached hydrogens (tertiary/aromatic N) is 1. The number of ether oxygens (including phenoxy) is 2. The standard InChI is InChI=1S/C28H25NO7/c1-3-36-23(31)16-17-8-12-19(13-9-17)29-25(18-10-14-20(30)15-11-18)24(27(33)28(29)34)26(32)21-6-4-5-7-22(21)35-2/h4-15,25,30,32H,3,16H2,1-2H3/b26-24-. The third kappa shape index (κ3) is 4.65. The van der Waals surface area contributed by atoms with Gasteiger partial charge in [0.25, 0.3) is 11.7 Å². The summed E-state index contributed by atoms with van der Waals surface area (Å²) in [6, 6.07) is 18.4. The quantitative estimate of drug-likeness (QED) is 0.223. The molecule has 1 fully saturated rings. The minimum Gasteiger partial charge on any atom is -0.508 e. The van der Waals surface area contributed by atoms with Gasteiger partial charge in [-0.15, -0.1) is 0 Å². The Morgan fingerprint density at radius 1 is 0.972 bits per heavy atom. The number of Topliss-reactive ketones (excluding diaryl/α,β-unsaturated/α-hetero) is 1. The zero-order valence-electron chi connectivity index (χ0n) is 19.8. The molecule has 1 aliphatic rings. The molecule has 1 aliphatic heterocycles. The summed E-state index contributed by atoms with van der Waals surface area (Å²) in [5.41, 5.74) is 1.77. The van der Waals surface area contributed by atoms with Gasteiger partial charge < -0.3 is 19.7 Å². The van der Waals surface area contributed by atoms with Crippen molar-refractivity contribution in [2.45, 2.75) is 19.4 Å². The van der Waals surface area contributed by atoms with Gasteiger partial charge in [0.05, 0.1) is 37.3 Å². The number of aliphatic hydroxyl groups excluding tert-OH is 1. The Morgan fingerprint density at radius 3 is 2.28 bits per heavy atom. The van der Waals surface area contributed by atoms with Crippen LogP contribution in [0, 0.1) is 0 Å². The predicted octanol–water partition coefficient (Wildman–Crippen LogP) is 4.13. The van der Waals surface area contributed by atoms with Crippen LogP contribution >= 0.6 is 0 Å². The van der Waals surface area contributed by atoms with Crippen molar-refractivity contribution in [1.29, 1.82) is 0 Å². The Hall–Kier alpha value is -4.59. The van der Waals surface area contributed by atoms with E-state index >= 15 is 0 Å². The number of methoxy groups -OCH3 is 1. The van der Waals surface area contributed by atoms with Crippen LogP contribution in [0.1, 0.15) is 29.7 Å². The molecule has 0 aliphatic carbocycles. The van der Waals surface area contributed by atoms with Crippen LogP contribution in [0.5, 0.6) is 11.5 Å². The van der Waals surface area contributed by atoms with E-state index < -0.39 is 17.7 Å². The highest BCUT2D eigenvalue weighted by molar-refractivity contribution is 6.51. The second-order valence-electron chi connectivity index (χ2n) is 8.11. The number of hydrogen-bond acceptors (Lipinski definition) is 7. The normalized spacial score (nSPS) is 16.7. The van der Waals surface area contributed by atoms with Gasteiger partial charge in [0.15, 0.2) is 0 Å². The molecule has 2 N–H and O–H groups in total. The monoisotopic (exact) mass is 487 g/mol. The van der Waals surface area contributed by atoms with Crippen molar-refractivity contribution >= 4 is 29.1 Å². The fourth-order valence-corrected chi connectivity index (χ4v) is 4.21. The van der Waals surface area contributed by atoms with Crippen LogP contribution in [0.2, 0.25) is 0 Å². The average molecular weight is 488 g/mol. The van der Waals surface area contributed by atoms with Crippen LogP contribution in [0.15, 0.2) is 78.4 Å². The van der Waals surface area contributed by atoms with Crippen molar-refractivity contribution in [3.8, 4) is 11.5 Å². The second-order valence-corrected chi connectivity index (χ2v) is 8.11. The highest BCUT2D eigenvalue weighted by Crippen LogP contribution is 2.43. The molecule has 8 nitrogen and oxygen atoms in total. The molecule has 4 rings (SSSR count). The topological polar surface area (TPSA) is 113 Å². The summed E-state index contributed by atoms with van der Waals surface area (Å²) < 4.78 is 10.3. The van der Waals surface area contributed by atoms with Crippen LogP contribution in [0.3, 0.4) is 0 Å². The number of phenolic OH excluding ortho intramolecular Hbond substituents is 1. The maximum Gasteiger partial charge on any atom is 0.310 e. The number of amides is 1. The Labute approximate surface area is 208 Å². The minimum atomic E-state index is -0.966. The molecule has 184 valence electrons. The molecule has 0 saturated carbocycles. The van der Waals surface area contributed by atoms with Crippen molar-refractivity contribution in [2.24, 2.45) is 0 Å². The fraction of sp³-hybridized carbons (Fsp3) is 0.179. The second kappa shape index (κ2) is 10.4. The van der Waals surface area contributed by atoms with Crippen LogP contribution in [0.4, 0.5) is 5.69 Å². The summed E-state index contributed by atoms with van der Waals surface area (Å²) in [5, 5.41) is 21.0. The number of phenols is 1. The summed E-state index contributed by atoms with van der Waals surface area (Å²) >= 11 is 0. The Balaban J connectivity index is 1.83. The number of hydrogen-bond donors (Lipinski definition) is 2. The number of anilines is 1. The van der Waals surface area contributed by atoms with E-state index in [1.165, 1.54) is 24.1 Å². The fourth-order valence-electron chi connectivity index (χ4n) is 4.21. The molecular weight excluding hydrogens is 462 g/mol. The van der Waals surface area contributed by atoms with Crippen LogP contribution in [-0.4, -0.2) is 41.6 Å². The molecule has 0 bridgehead atoms. The van der Waals surface area contributed by atoms with Crippen LogP contribution < -0.4 is 9.64 Å². The number of aromatic hydroxyl groups is 1. The van der Waals surface area contributed by atoms with Crippen molar-refractivity contribution in [3.63, 3.8) is 0 Å². The van der Waals surface area contributed by atoms with Crippen molar-refractivity contribution in [2.75, 3.05) is 18.6 Å². The highest BCUT2D eigenvalue weighted by atomic mass is 16.5. The van der Waals surface area contributed by atoms with Crippen LogP contribution in [0.25, 0.3) is 5.76 Å². The average Bonchev–Trinajstić information content (AvgIpc) is 3.15. The molecule has 36 heavy (non-hydrogen) atoms. The summed E-state index contributed by atoms with van der Waals surface area (Å²) in [4.78, 5) is 39.7. The van der Waals surface area contributed by atoms with E-state index in [9.17, 15) is 24.6 Å². The van der Waals surface area contributed by atoms with E-state index in [1.54, 1.807) is 67.6 Å². The van der Waals surface area contributed by atoms with Gasteiger partial charge in [-0.05, 0) is 54.4 Å². The molecule has 1 amide bonds. The molecule has 1 unspecified atom stereocenters. The molecule has 1 saturated heterocycles. The van der Waals surface area contributed by atoms with Crippen LogP contribution in [-0.2, 0) is 25.5 Å². The largest absolute Gasteiger partial charge is 0.508 e. The Bertz CT molecular complexity index is 1330. The summed E-state index contributed by atoms with van der Waals surface area (Å²) in [6.45, 7) is 2.01. The molecule has 1 atom stereocenters. The smallest absolute Gasteiger partial charge is 0.310 e. The lowest BCUT2D eigenvalue weighted by Gasteiger charge is -2.25. The van der Waals surface area contributed by atoms with E-state index in [0.717, 1.165) is 0 Å². The van der Waals surface area contributed by atoms with Gasteiger partial charge in [0.1, 0.15) is 17.3 Å². The summed E-state index contributed by atoms with van der Waals surface area (Å²) in [6.07, 6.45) is 0.0716. The summed E-state index contributed by atoms with van der Waals surface area (Å²) in [5.74, 6) is -2.05. The van der Waals surface area contributed by atoms with Gasteiger partial charge in [-0.25, -0.2) is 0 Å². The maximum atomic E-state index is 13.3. The lowest BCUT2D eigenvalue weighted by atomic mass is 9.94. The first-order valence-corrected chi connectivity index (χ1v) is 11.3. The van der Waals surface area contributed by atoms with Crippen molar-refractivity contribution in [1.82, 2.24) is 0 Å². The predicted molar refractivity (Wildman–Crippen MR) is 133 cm³/mol. The number of esters is 1. The zero-order valence-corrected chi connectivity index (χ0v) is 19.8. The zero-order chi connectivity index (χ0) is 25.8. The molecule has 0 aromatic heterocycles. The number of aliphatic hydroxyl groups is 1. The molecule has 0 spiro atoms. The number of carbonyl (C=O) groups is 3. The van der Waals surface area contributed by atoms with Gasteiger partial charge >= 0.3 is 5.97 Å². The van der Waals surface area contributed by atoms with E-state index in [-0.39, 0.29) is 41.6 Å². The number of carbonyl (C=O) groups excluding carboxylic acids is 3. The van der Waals surface area contributed by atoms with E-state index in [1.807, 2.05) is 0 Å². The molecule has 3 aromatic rings. The third-order valence-electron chi connectivity index (χ3n) is 5.88. The molecule has 8 heteroatoms. The van der Waals surface area contributed by atoms with Gasteiger partial charge in [0.2, 0.25) is 0 Å². The first-order chi connectivity index (χ1) is 17.3. The first-order valence-electron chi connectivity index (χ1n) is 11.3. The molecule has 1 heterocycles. The van der Waals surface area contributed by atoms with Gasteiger partial charge in [-0.3, -0.25) is 19.3 Å². The Morgan fingerprint density at radius 2 is 1.64 bits per heavy atom. The lowest BCUT2D eigenvalue weighted by Crippen LogP contribution is -2.29. The third-order valence-corrected chi connectivity index (χ3v) is 5.88. The van der Waals surface area contributed by atoms with Crippen molar-refractivity contribution < 1.29 is 34.1 Å². The first kappa shape index (κ1) is 24.5. The molecule has 3 aromatic carbocycles. The Kier molecular flexibility index (Phi) is 7.05. The van der Waals surface area contributed by atoms with Gasteiger partial charge in [-0.1, -0.05) is 36.4 Å². The number of para-hydroxylation sites is 1. The maximum absolute atomic E-state index is 13.3. The minimum absolute atomic E-state index is 0.0174. The summed E-state index contributed by atoms with van der Waals surface area (Å²) in [7, 11) is 1.44. The van der Waals surface area contributed by atoms with Gasteiger partial charge in [-0.2, -0.15) is 0 Å². The van der Waals surface area contributed by atoms with E-state index in [0.29, 0.717) is 22.6 Å². The molecule has 0 radical (unpaired) electrons. The van der Waals surface area contributed by atoms with E-state index in [2.05, 4.69) is 0 Å². The van der Waals surface area contributed by atoms with E-state index in [4.69, 9.17) is 9.47 Å². The SMILES string of the molecule is CCOC(=O)Cc1ccc(N2C(=O)C(=O)/C(=C(\O)c3ccccc3OC)C2c2ccc(O)cc2)cc1. The number of rotatable bonds is 7. The lowest BCUT2D eigenvalue weighted by molar-refractivity contribution is -0.142. The van der Waals surface area contributed by atoms with Gasteiger partial charge in [0, 0.05) is 5.69 Å². The van der Waals surface area contributed by atoms with Crippen molar-refractivity contribution in [3.05, 3.63) is 95.1 Å². The highest BCUT2D eigenvalue weighted by Gasteiger charge is 2.47.